The van der Waals surface area contributed by atoms with Gasteiger partial charge in [-0.3, -0.25) is 16.0 Å². The number of benzene rings is 1. The maximum absolute atomic E-state index is 11.0. The SMILES string of the molecule is COCCCOCCOc1cccc(NN)c1[N+](=O)[O-]. The molecule has 0 bridgehead atoms. The first kappa shape index (κ1) is 16.2. The summed E-state index contributed by atoms with van der Waals surface area (Å²) >= 11 is 0. The molecule has 0 saturated carbocycles. The van der Waals surface area contributed by atoms with Crippen molar-refractivity contribution >= 4 is 11.4 Å². The number of para-hydroxylation sites is 1. The lowest BCUT2D eigenvalue weighted by Crippen LogP contribution is -2.12. The van der Waals surface area contributed by atoms with E-state index in [-0.39, 0.29) is 23.7 Å². The van der Waals surface area contributed by atoms with Crippen LogP contribution in [0.25, 0.3) is 0 Å². The van der Waals surface area contributed by atoms with Crippen LogP contribution in [-0.4, -0.2) is 38.5 Å². The van der Waals surface area contributed by atoms with Crippen LogP contribution in [0.1, 0.15) is 6.42 Å². The number of anilines is 1. The first-order valence-corrected chi connectivity index (χ1v) is 6.14. The largest absolute Gasteiger partial charge is 0.484 e. The van der Waals surface area contributed by atoms with Crippen molar-refractivity contribution in [3.63, 3.8) is 0 Å². The van der Waals surface area contributed by atoms with Crippen LogP contribution in [0.15, 0.2) is 18.2 Å². The number of rotatable bonds is 10. The van der Waals surface area contributed by atoms with E-state index in [0.717, 1.165) is 6.42 Å². The highest BCUT2D eigenvalue weighted by atomic mass is 16.6. The molecule has 8 heteroatoms. The standard InChI is InChI=1S/C12H19N3O5/c1-18-6-3-7-19-8-9-20-11-5-2-4-10(14-13)12(11)15(16)17/h2,4-5,14H,3,6-9,13H2,1H3. The molecule has 0 radical (unpaired) electrons. The van der Waals surface area contributed by atoms with Crippen LogP contribution >= 0.6 is 0 Å². The number of nitro groups is 1. The lowest BCUT2D eigenvalue weighted by Gasteiger charge is -2.09. The molecule has 0 amide bonds. The molecule has 0 saturated heterocycles. The van der Waals surface area contributed by atoms with E-state index in [2.05, 4.69) is 5.43 Å². The van der Waals surface area contributed by atoms with E-state index in [0.29, 0.717) is 19.8 Å². The fraction of sp³-hybridized carbons (Fsp3) is 0.500. The Balaban J connectivity index is 2.45. The number of nitro benzene ring substituents is 1. The van der Waals surface area contributed by atoms with Gasteiger partial charge in [0.2, 0.25) is 0 Å². The van der Waals surface area contributed by atoms with E-state index in [1.54, 1.807) is 13.2 Å². The summed E-state index contributed by atoms with van der Waals surface area (Å²) in [6.45, 7) is 1.77. The van der Waals surface area contributed by atoms with Gasteiger partial charge in [-0.05, 0) is 18.6 Å². The first-order chi connectivity index (χ1) is 9.70. The lowest BCUT2D eigenvalue weighted by molar-refractivity contribution is -0.385. The van der Waals surface area contributed by atoms with Crippen LogP contribution in [0.5, 0.6) is 5.75 Å². The monoisotopic (exact) mass is 285 g/mol. The minimum Gasteiger partial charge on any atom is -0.484 e. The second-order valence-corrected chi connectivity index (χ2v) is 3.86. The van der Waals surface area contributed by atoms with Gasteiger partial charge in [-0.2, -0.15) is 0 Å². The highest BCUT2D eigenvalue weighted by Gasteiger charge is 2.20. The van der Waals surface area contributed by atoms with Crippen LogP contribution < -0.4 is 16.0 Å². The number of nitrogens with zero attached hydrogens (tertiary/aromatic N) is 1. The van der Waals surface area contributed by atoms with Crippen molar-refractivity contribution in [1.82, 2.24) is 0 Å². The van der Waals surface area contributed by atoms with E-state index in [4.69, 9.17) is 20.1 Å². The predicted octanol–water partition coefficient (Wildman–Crippen LogP) is 1.31. The van der Waals surface area contributed by atoms with E-state index < -0.39 is 4.92 Å². The number of nitrogen functional groups attached to an aromatic ring is 1. The van der Waals surface area contributed by atoms with E-state index in [1.807, 2.05) is 0 Å². The number of ether oxygens (including phenoxy) is 3. The van der Waals surface area contributed by atoms with Gasteiger partial charge in [0.1, 0.15) is 12.3 Å². The highest BCUT2D eigenvalue weighted by molar-refractivity contribution is 5.67. The number of hydrazine groups is 1. The minimum atomic E-state index is -0.538. The van der Waals surface area contributed by atoms with Crippen molar-refractivity contribution in [2.45, 2.75) is 6.42 Å². The Morgan fingerprint density at radius 1 is 1.30 bits per heavy atom. The van der Waals surface area contributed by atoms with Crippen molar-refractivity contribution in [3.05, 3.63) is 28.3 Å². The van der Waals surface area contributed by atoms with Crippen molar-refractivity contribution in [2.24, 2.45) is 5.84 Å². The first-order valence-electron chi connectivity index (χ1n) is 6.14. The average molecular weight is 285 g/mol. The third-order valence-electron chi connectivity index (χ3n) is 2.46. The predicted molar refractivity (Wildman–Crippen MR) is 73.7 cm³/mol. The van der Waals surface area contributed by atoms with Gasteiger partial charge in [0.05, 0.1) is 11.5 Å². The van der Waals surface area contributed by atoms with Crippen LogP contribution in [0, 0.1) is 10.1 Å². The molecule has 0 fully saturated rings. The molecule has 0 unspecified atom stereocenters. The third kappa shape index (κ3) is 5.00. The summed E-state index contributed by atoms with van der Waals surface area (Å²) in [6.07, 6.45) is 0.795. The Morgan fingerprint density at radius 3 is 2.75 bits per heavy atom. The zero-order valence-electron chi connectivity index (χ0n) is 11.3. The summed E-state index contributed by atoms with van der Waals surface area (Å²) in [5.41, 5.74) is 2.29. The molecule has 0 aliphatic rings. The Bertz CT molecular complexity index is 428. The Kier molecular flexibility index (Phi) is 7.33. The van der Waals surface area contributed by atoms with Gasteiger partial charge in [-0.1, -0.05) is 6.07 Å². The summed E-state index contributed by atoms with van der Waals surface area (Å²) in [5.74, 6) is 5.39. The Morgan fingerprint density at radius 2 is 2.10 bits per heavy atom. The summed E-state index contributed by atoms with van der Waals surface area (Å²) in [5, 5.41) is 11.0. The third-order valence-corrected chi connectivity index (χ3v) is 2.46. The average Bonchev–Trinajstić information content (AvgIpc) is 2.45. The molecule has 1 rings (SSSR count). The summed E-state index contributed by atoms with van der Waals surface area (Å²) in [6, 6.07) is 4.65. The fourth-order valence-electron chi connectivity index (χ4n) is 1.56. The molecule has 0 atom stereocenters. The number of hydrogen-bond donors (Lipinski definition) is 2. The minimum absolute atomic E-state index is 0.158. The van der Waals surface area contributed by atoms with Crippen molar-refractivity contribution in [1.29, 1.82) is 0 Å². The number of methoxy groups -OCH3 is 1. The molecule has 0 aromatic heterocycles. The molecule has 3 N–H and O–H groups in total. The van der Waals surface area contributed by atoms with Crippen molar-refractivity contribution in [3.8, 4) is 5.75 Å². The van der Waals surface area contributed by atoms with Crippen LogP contribution in [-0.2, 0) is 9.47 Å². The van der Waals surface area contributed by atoms with Crippen LogP contribution in [0.2, 0.25) is 0 Å². The summed E-state index contributed by atoms with van der Waals surface area (Å²) < 4.78 is 15.5. The van der Waals surface area contributed by atoms with E-state index in [1.165, 1.54) is 12.1 Å². The summed E-state index contributed by atoms with van der Waals surface area (Å²) in [4.78, 5) is 10.5. The molecule has 1 aromatic rings. The van der Waals surface area contributed by atoms with Gasteiger partial charge in [0, 0.05) is 20.3 Å². The maximum Gasteiger partial charge on any atom is 0.335 e. The number of nitrogens with two attached hydrogens (primary N) is 1. The topological polar surface area (TPSA) is 109 Å². The van der Waals surface area contributed by atoms with Gasteiger partial charge in [-0.15, -0.1) is 0 Å². The second kappa shape index (κ2) is 9.08. The molecule has 0 aliphatic heterocycles. The van der Waals surface area contributed by atoms with Crippen LogP contribution in [0.4, 0.5) is 11.4 Å². The van der Waals surface area contributed by atoms with Gasteiger partial charge in [-0.25, -0.2) is 0 Å². The molecule has 112 valence electrons. The number of hydrogen-bond acceptors (Lipinski definition) is 7. The lowest BCUT2D eigenvalue weighted by atomic mass is 10.2. The molecule has 0 spiro atoms. The second-order valence-electron chi connectivity index (χ2n) is 3.86. The number of nitrogens with one attached hydrogen (secondary N) is 1. The Labute approximate surface area is 116 Å². The van der Waals surface area contributed by atoms with Gasteiger partial charge in [0.25, 0.3) is 0 Å². The van der Waals surface area contributed by atoms with Gasteiger partial charge < -0.3 is 19.6 Å². The smallest absolute Gasteiger partial charge is 0.335 e. The molecular weight excluding hydrogens is 266 g/mol. The van der Waals surface area contributed by atoms with Gasteiger partial charge >= 0.3 is 5.69 Å². The zero-order chi connectivity index (χ0) is 14.8. The fourth-order valence-corrected chi connectivity index (χ4v) is 1.56. The maximum atomic E-state index is 11.0. The molecule has 0 aliphatic carbocycles. The molecule has 20 heavy (non-hydrogen) atoms. The molecule has 0 heterocycles. The Hall–Kier alpha value is -1.90. The zero-order valence-corrected chi connectivity index (χ0v) is 11.3. The van der Waals surface area contributed by atoms with Crippen molar-refractivity contribution < 1.29 is 19.1 Å². The molecule has 1 aromatic carbocycles. The molecular formula is C12H19N3O5. The normalized spacial score (nSPS) is 10.3. The quantitative estimate of drug-likeness (QED) is 0.289. The summed E-state index contributed by atoms with van der Waals surface area (Å²) in [7, 11) is 1.63. The van der Waals surface area contributed by atoms with E-state index >= 15 is 0 Å². The highest BCUT2D eigenvalue weighted by Crippen LogP contribution is 2.33. The van der Waals surface area contributed by atoms with Crippen LogP contribution in [0.3, 0.4) is 0 Å². The van der Waals surface area contributed by atoms with E-state index in [9.17, 15) is 10.1 Å². The van der Waals surface area contributed by atoms with Gasteiger partial charge in [0.15, 0.2) is 5.75 Å². The molecule has 8 nitrogen and oxygen atoms in total. The van der Waals surface area contributed by atoms with Crippen molar-refractivity contribution in [2.75, 3.05) is 39.0 Å².